The Labute approximate surface area is 121 Å². The van der Waals surface area contributed by atoms with E-state index in [1.54, 1.807) is 12.1 Å². The molecule has 0 aliphatic carbocycles. The van der Waals surface area contributed by atoms with E-state index in [1.807, 2.05) is 13.0 Å². The molecule has 0 unspecified atom stereocenters. The third-order valence-corrected chi connectivity index (χ3v) is 2.93. The van der Waals surface area contributed by atoms with Gasteiger partial charge in [-0.25, -0.2) is 9.37 Å². The van der Waals surface area contributed by atoms with Crippen molar-refractivity contribution in [2.75, 3.05) is 12.4 Å². The van der Waals surface area contributed by atoms with E-state index in [1.165, 1.54) is 19.2 Å². The highest BCUT2D eigenvalue weighted by Gasteiger charge is 2.09. The predicted octanol–water partition coefficient (Wildman–Crippen LogP) is 2.92. The number of aromatic nitrogens is 1. The second kappa shape index (κ2) is 5.83. The molecule has 0 atom stereocenters. The summed E-state index contributed by atoms with van der Waals surface area (Å²) in [5, 5.41) is 3.01. The summed E-state index contributed by atoms with van der Waals surface area (Å²) in [5.74, 6) is 0.228. The van der Waals surface area contributed by atoms with Gasteiger partial charge in [0.2, 0.25) is 0 Å². The molecule has 20 heavy (non-hydrogen) atoms. The largest absolute Gasteiger partial charge is 0.494 e. The lowest BCUT2D eigenvalue weighted by Gasteiger charge is -2.12. The number of thiocarbonyl (C=S) groups is 1. The molecular weight excluding hydrogens is 277 g/mol. The highest BCUT2D eigenvalue weighted by atomic mass is 32.1. The van der Waals surface area contributed by atoms with Crippen LogP contribution in [-0.4, -0.2) is 17.1 Å². The van der Waals surface area contributed by atoms with Crippen LogP contribution in [0.2, 0.25) is 0 Å². The molecule has 2 rings (SSSR count). The molecule has 6 heteroatoms. The minimum absolute atomic E-state index is 0.183. The van der Waals surface area contributed by atoms with Crippen molar-refractivity contribution >= 4 is 28.7 Å². The van der Waals surface area contributed by atoms with E-state index < -0.39 is 5.82 Å². The Morgan fingerprint density at radius 3 is 2.70 bits per heavy atom. The van der Waals surface area contributed by atoms with E-state index >= 15 is 0 Å². The number of nitrogens with zero attached hydrogens (tertiary/aromatic N) is 1. The van der Waals surface area contributed by atoms with Crippen LogP contribution >= 0.6 is 12.2 Å². The molecule has 0 aliphatic rings. The van der Waals surface area contributed by atoms with Gasteiger partial charge in [-0.15, -0.1) is 0 Å². The number of halogens is 1. The van der Waals surface area contributed by atoms with Gasteiger partial charge in [-0.2, -0.15) is 0 Å². The second-order valence-corrected chi connectivity index (χ2v) is 4.63. The standard InChI is InChI=1S/C14H14FN3OS/c1-8-3-5-10(13(16)20)14(17-8)18-9-4-6-12(19-2)11(15)7-9/h3-7H,1-2H3,(H2,16,20)(H,17,18). The molecule has 4 nitrogen and oxygen atoms in total. The number of hydrogen-bond donors (Lipinski definition) is 2. The van der Waals surface area contributed by atoms with E-state index in [4.69, 9.17) is 22.7 Å². The average Bonchev–Trinajstić information content (AvgIpc) is 2.38. The number of pyridine rings is 1. The van der Waals surface area contributed by atoms with Crippen LogP contribution in [0.5, 0.6) is 5.75 Å². The Hall–Kier alpha value is -2.21. The minimum atomic E-state index is -0.456. The van der Waals surface area contributed by atoms with Crippen molar-refractivity contribution in [2.45, 2.75) is 6.92 Å². The Balaban J connectivity index is 2.36. The topological polar surface area (TPSA) is 60.2 Å². The second-order valence-electron chi connectivity index (χ2n) is 4.19. The van der Waals surface area contributed by atoms with Crippen molar-refractivity contribution in [1.29, 1.82) is 0 Å². The molecule has 1 heterocycles. The van der Waals surface area contributed by atoms with Crippen LogP contribution in [0.3, 0.4) is 0 Å². The lowest BCUT2D eigenvalue weighted by Crippen LogP contribution is -2.13. The molecule has 0 bridgehead atoms. The van der Waals surface area contributed by atoms with Gasteiger partial charge in [0.05, 0.1) is 12.7 Å². The Kier molecular flexibility index (Phi) is 4.14. The number of ether oxygens (including phenoxy) is 1. The molecule has 0 spiro atoms. The van der Waals surface area contributed by atoms with Gasteiger partial charge in [0.1, 0.15) is 10.8 Å². The summed E-state index contributed by atoms with van der Waals surface area (Å²) in [5.41, 5.74) is 7.61. The fourth-order valence-electron chi connectivity index (χ4n) is 1.73. The van der Waals surface area contributed by atoms with Crippen LogP contribution < -0.4 is 15.8 Å². The molecule has 104 valence electrons. The SMILES string of the molecule is COc1ccc(Nc2nc(C)ccc2C(N)=S)cc1F. The van der Waals surface area contributed by atoms with E-state index in [0.29, 0.717) is 17.1 Å². The van der Waals surface area contributed by atoms with Crippen molar-refractivity contribution in [3.05, 3.63) is 47.4 Å². The molecule has 0 saturated heterocycles. The fourth-order valence-corrected chi connectivity index (χ4v) is 1.90. The monoisotopic (exact) mass is 291 g/mol. The third kappa shape index (κ3) is 3.03. The lowest BCUT2D eigenvalue weighted by molar-refractivity contribution is 0.386. The van der Waals surface area contributed by atoms with E-state index in [2.05, 4.69) is 10.3 Å². The number of rotatable bonds is 4. The average molecular weight is 291 g/mol. The third-order valence-electron chi connectivity index (χ3n) is 2.71. The van der Waals surface area contributed by atoms with Crippen LogP contribution in [-0.2, 0) is 0 Å². The Bertz CT molecular complexity index is 661. The number of nitrogens with one attached hydrogen (secondary N) is 1. The summed E-state index contributed by atoms with van der Waals surface area (Å²) >= 11 is 4.98. The molecule has 1 aromatic heterocycles. The first-order chi connectivity index (χ1) is 9.51. The van der Waals surface area contributed by atoms with Crippen molar-refractivity contribution in [1.82, 2.24) is 4.98 Å². The van der Waals surface area contributed by atoms with Gasteiger partial charge < -0.3 is 15.8 Å². The summed E-state index contributed by atoms with van der Waals surface area (Å²) in [7, 11) is 1.42. The smallest absolute Gasteiger partial charge is 0.167 e. The number of benzene rings is 1. The first-order valence-electron chi connectivity index (χ1n) is 5.89. The fraction of sp³-hybridized carbons (Fsp3) is 0.143. The van der Waals surface area contributed by atoms with Crippen molar-refractivity contribution in [3.63, 3.8) is 0 Å². The van der Waals surface area contributed by atoms with Crippen LogP contribution in [0.4, 0.5) is 15.9 Å². The first kappa shape index (κ1) is 14.2. The molecule has 3 N–H and O–H groups in total. The Morgan fingerprint density at radius 2 is 2.10 bits per heavy atom. The number of aryl methyl sites for hydroxylation is 1. The molecule has 0 saturated carbocycles. The van der Waals surface area contributed by atoms with Gasteiger partial charge in [-0.3, -0.25) is 0 Å². The zero-order chi connectivity index (χ0) is 14.7. The van der Waals surface area contributed by atoms with E-state index in [0.717, 1.165) is 5.69 Å². The van der Waals surface area contributed by atoms with Gasteiger partial charge in [0.25, 0.3) is 0 Å². The molecule has 2 aromatic rings. The number of nitrogens with two attached hydrogens (primary N) is 1. The molecule has 0 amide bonds. The summed E-state index contributed by atoms with van der Waals surface area (Å²) in [4.78, 5) is 4.56. The predicted molar refractivity (Wildman–Crippen MR) is 81.1 cm³/mol. The normalized spacial score (nSPS) is 10.2. The maximum atomic E-state index is 13.7. The van der Waals surface area contributed by atoms with Crippen molar-refractivity contribution in [2.24, 2.45) is 5.73 Å². The first-order valence-corrected chi connectivity index (χ1v) is 6.30. The zero-order valence-corrected chi connectivity index (χ0v) is 11.9. The summed E-state index contributed by atoms with van der Waals surface area (Å²) < 4.78 is 18.5. The number of methoxy groups -OCH3 is 1. The van der Waals surface area contributed by atoms with Crippen LogP contribution in [0.15, 0.2) is 30.3 Å². The van der Waals surface area contributed by atoms with Gasteiger partial charge in [0, 0.05) is 17.4 Å². The van der Waals surface area contributed by atoms with Gasteiger partial charge >= 0.3 is 0 Å². The van der Waals surface area contributed by atoms with Crippen molar-refractivity contribution in [3.8, 4) is 5.75 Å². The van der Waals surface area contributed by atoms with Crippen LogP contribution in [0.1, 0.15) is 11.3 Å². The lowest BCUT2D eigenvalue weighted by atomic mass is 10.2. The van der Waals surface area contributed by atoms with Gasteiger partial charge in [-0.05, 0) is 31.2 Å². The number of hydrogen-bond acceptors (Lipinski definition) is 4. The molecule has 1 aromatic carbocycles. The molecule has 0 fully saturated rings. The Morgan fingerprint density at radius 1 is 1.35 bits per heavy atom. The molecule has 0 radical (unpaired) electrons. The van der Waals surface area contributed by atoms with E-state index in [9.17, 15) is 4.39 Å². The minimum Gasteiger partial charge on any atom is -0.494 e. The summed E-state index contributed by atoms with van der Waals surface area (Å²) in [6, 6.07) is 8.15. The number of anilines is 2. The van der Waals surface area contributed by atoms with Crippen molar-refractivity contribution < 1.29 is 9.13 Å². The maximum Gasteiger partial charge on any atom is 0.167 e. The maximum absolute atomic E-state index is 13.7. The van der Waals surface area contributed by atoms with Gasteiger partial charge in [-0.1, -0.05) is 12.2 Å². The van der Waals surface area contributed by atoms with Crippen LogP contribution in [0.25, 0.3) is 0 Å². The van der Waals surface area contributed by atoms with Gasteiger partial charge in [0.15, 0.2) is 11.6 Å². The van der Waals surface area contributed by atoms with E-state index in [-0.39, 0.29) is 10.7 Å². The summed E-state index contributed by atoms with van der Waals surface area (Å²) in [6.07, 6.45) is 0. The quantitative estimate of drug-likeness (QED) is 0.848. The molecule has 0 aliphatic heterocycles. The van der Waals surface area contributed by atoms with Crippen LogP contribution in [0, 0.1) is 12.7 Å². The highest BCUT2D eigenvalue weighted by molar-refractivity contribution is 7.80. The highest BCUT2D eigenvalue weighted by Crippen LogP contribution is 2.24. The molecular formula is C14H14FN3OS. The summed E-state index contributed by atoms with van der Waals surface area (Å²) in [6.45, 7) is 1.85. The zero-order valence-electron chi connectivity index (χ0n) is 11.1.